The van der Waals surface area contributed by atoms with E-state index in [9.17, 15) is 4.39 Å². The van der Waals surface area contributed by atoms with Crippen LogP contribution >= 0.6 is 11.8 Å². The topological polar surface area (TPSA) is 41.1 Å². The van der Waals surface area contributed by atoms with Crippen LogP contribution in [-0.4, -0.2) is 44.6 Å². The van der Waals surface area contributed by atoms with Crippen LogP contribution in [0, 0.1) is 5.82 Å². The van der Waals surface area contributed by atoms with Gasteiger partial charge in [-0.05, 0) is 29.8 Å². The van der Waals surface area contributed by atoms with Gasteiger partial charge in [-0.25, -0.2) is 9.37 Å². The number of aromatic amines is 1. The summed E-state index contributed by atoms with van der Waals surface area (Å²) in [5.41, 5.74) is 2.56. The zero-order chi connectivity index (χ0) is 17.6. The average molecular weight is 369 g/mol. The minimum absolute atomic E-state index is 0.0413. The van der Waals surface area contributed by atoms with Crippen molar-refractivity contribution in [1.29, 1.82) is 0 Å². The minimum atomic E-state index is -0.381. The molecular formula is C20H20FN3OS. The summed E-state index contributed by atoms with van der Waals surface area (Å²) in [6.07, 6.45) is 4.57. The Labute approximate surface area is 155 Å². The Morgan fingerprint density at radius 1 is 1.27 bits per heavy atom. The number of nitrogens with one attached hydrogen (secondary N) is 1. The van der Waals surface area contributed by atoms with Crippen LogP contribution in [0.1, 0.15) is 12.0 Å². The molecule has 0 saturated carbocycles. The van der Waals surface area contributed by atoms with Gasteiger partial charge in [-0.3, -0.25) is 4.90 Å². The van der Waals surface area contributed by atoms with E-state index in [1.807, 2.05) is 18.0 Å². The summed E-state index contributed by atoms with van der Waals surface area (Å²) in [6, 6.07) is 11.6. The zero-order valence-electron chi connectivity index (χ0n) is 14.3. The van der Waals surface area contributed by atoms with Crippen LogP contribution in [0.2, 0.25) is 0 Å². The van der Waals surface area contributed by atoms with Crippen molar-refractivity contribution >= 4 is 22.7 Å². The number of aromatic nitrogens is 2. The number of hydrogen-bond acceptors (Lipinski definition) is 4. The Balaban J connectivity index is 1.20. The van der Waals surface area contributed by atoms with Crippen LogP contribution in [0.15, 0.2) is 48.8 Å². The number of benzene rings is 1. The van der Waals surface area contributed by atoms with Gasteiger partial charge >= 0.3 is 0 Å². The number of pyridine rings is 1. The average Bonchev–Trinajstić information content (AvgIpc) is 3.24. The second kappa shape index (κ2) is 6.28. The molecule has 2 aliphatic rings. The number of H-pyrrole nitrogens is 1. The summed E-state index contributed by atoms with van der Waals surface area (Å²) in [4.78, 5) is 9.77. The van der Waals surface area contributed by atoms with E-state index in [4.69, 9.17) is 4.74 Å². The first-order chi connectivity index (χ1) is 12.7. The Hall–Kier alpha value is -2.05. The summed E-state index contributed by atoms with van der Waals surface area (Å²) >= 11 is 1.96. The van der Waals surface area contributed by atoms with Crippen LogP contribution in [0.4, 0.5) is 4.39 Å². The van der Waals surface area contributed by atoms with Gasteiger partial charge in [0.25, 0.3) is 5.88 Å². The molecule has 26 heavy (non-hydrogen) atoms. The molecule has 2 saturated heterocycles. The fourth-order valence-corrected chi connectivity index (χ4v) is 5.70. The molecule has 1 aromatic carbocycles. The van der Waals surface area contributed by atoms with Crippen LogP contribution in [-0.2, 0) is 6.54 Å². The maximum atomic E-state index is 13.7. The number of ether oxygens (including phenoxy) is 1. The fraction of sp³-hybridized carbons (Fsp3) is 0.350. The highest BCUT2D eigenvalue weighted by Gasteiger charge is 2.49. The molecule has 0 bridgehead atoms. The van der Waals surface area contributed by atoms with Crippen molar-refractivity contribution in [3.05, 3.63) is 60.2 Å². The first-order valence-corrected chi connectivity index (χ1v) is 9.88. The van der Waals surface area contributed by atoms with E-state index in [-0.39, 0.29) is 22.5 Å². The number of thioether (sulfide) groups is 1. The van der Waals surface area contributed by atoms with Gasteiger partial charge in [-0.1, -0.05) is 12.1 Å². The maximum absolute atomic E-state index is 13.7. The van der Waals surface area contributed by atoms with Gasteiger partial charge in [0, 0.05) is 59.9 Å². The van der Waals surface area contributed by atoms with Crippen LogP contribution < -0.4 is 4.74 Å². The van der Waals surface area contributed by atoms with Gasteiger partial charge in [0.2, 0.25) is 0 Å². The highest BCUT2D eigenvalue weighted by atomic mass is 32.2. The van der Waals surface area contributed by atoms with Crippen molar-refractivity contribution in [1.82, 2.24) is 14.9 Å². The van der Waals surface area contributed by atoms with Crippen LogP contribution in [0.25, 0.3) is 10.9 Å². The third kappa shape index (κ3) is 2.87. The molecule has 1 N–H and O–H groups in total. The summed E-state index contributed by atoms with van der Waals surface area (Å²) in [7, 11) is 0. The first-order valence-electron chi connectivity index (χ1n) is 8.89. The lowest BCUT2D eigenvalue weighted by Gasteiger charge is -2.47. The molecular weight excluding hydrogens is 349 g/mol. The molecule has 6 heteroatoms. The second-order valence-electron chi connectivity index (χ2n) is 7.23. The highest BCUT2D eigenvalue weighted by Crippen LogP contribution is 2.46. The van der Waals surface area contributed by atoms with E-state index in [0.29, 0.717) is 0 Å². The first kappa shape index (κ1) is 16.1. The van der Waals surface area contributed by atoms with Crippen molar-refractivity contribution in [3.63, 3.8) is 0 Å². The third-order valence-electron chi connectivity index (χ3n) is 5.28. The molecule has 2 aliphatic heterocycles. The van der Waals surface area contributed by atoms with Gasteiger partial charge in [0.15, 0.2) is 5.82 Å². The molecule has 1 atom stereocenters. The lowest BCUT2D eigenvalue weighted by molar-refractivity contribution is 0.0899. The normalized spacial score (nSPS) is 22.0. The fourth-order valence-electron chi connectivity index (χ4n) is 4.12. The predicted molar refractivity (Wildman–Crippen MR) is 102 cm³/mol. The zero-order valence-corrected chi connectivity index (χ0v) is 15.1. The minimum Gasteiger partial charge on any atom is -0.471 e. The molecule has 0 amide bonds. The number of fused-ring (bicyclic) bond motifs is 1. The highest BCUT2D eigenvalue weighted by molar-refractivity contribution is 8.01. The Bertz CT molecular complexity index is 937. The number of likely N-dealkylation sites (tertiary alicyclic amines) is 1. The molecule has 3 aromatic rings. The van der Waals surface area contributed by atoms with Gasteiger partial charge in [-0.15, -0.1) is 11.8 Å². The van der Waals surface area contributed by atoms with Gasteiger partial charge in [0.05, 0.1) is 0 Å². The Morgan fingerprint density at radius 3 is 3.08 bits per heavy atom. The van der Waals surface area contributed by atoms with E-state index in [2.05, 4.69) is 39.1 Å². The third-order valence-corrected chi connectivity index (χ3v) is 6.86. The second-order valence-corrected chi connectivity index (χ2v) is 8.72. The summed E-state index contributed by atoms with van der Waals surface area (Å²) in [5, 5.41) is 1.30. The van der Waals surface area contributed by atoms with Crippen molar-refractivity contribution in [3.8, 4) is 5.88 Å². The molecule has 1 spiro atoms. The quantitative estimate of drug-likeness (QED) is 0.759. The maximum Gasteiger partial charge on any atom is 0.250 e. The smallest absolute Gasteiger partial charge is 0.250 e. The Kier molecular flexibility index (Phi) is 3.90. The van der Waals surface area contributed by atoms with Gasteiger partial charge in [0.1, 0.15) is 6.10 Å². The largest absolute Gasteiger partial charge is 0.471 e. The number of rotatable bonds is 4. The lowest BCUT2D eigenvalue weighted by atomic mass is 9.92. The van der Waals surface area contributed by atoms with Gasteiger partial charge in [-0.2, -0.15) is 0 Å². The number of hydrogen-bond donors (Lipinski definition) is 1. The number of halogens is 1. The van der Waals surface area contributed by atoms with Crippen molar-refractivity contribution in [2.75, 3.05) is 18.8 Å². The van der Waals surface area contributed by atoms with Crippen molar-refractivity contribution in [2.24, 2.45) is 0 Å². The molecule has 2 fully saturated rings. The lowest BCUT2D eigenvalue weighted by Crippen LogP contribution is -2.58. The molecule has 4 heterocycles. The van der Waals surface area contributed by atoms with Crippen molar-refractivity contribution < 1.29 is 9.13 Å². The molecule has 2 aromatic heterocycles. The monoisotopic (exact) mass is 369 g/mol. The predicted octanol–water partition coefficient (Wildman–Crippen LogP) is 3.84. The van der Waals surface area contributed by atoms with E-state index in [0.717, 1.165) is 31.8 Å². The molecule has 0 radical (unpaired) electrons. The standard InChI is InChI=1S/C20H20FN3OS/c21-17-4-2-7-23-19(17)25-15-9-20(26-11-15)12-24(13-20)10-14-3-1-5-18-16(14)6-8-22-18/h1-8,15,22H,9-13H2/t15-/m1/s1. The van der Waals surface area contributed by atoms with E-state index in [1.54, 1.807) is 12.3 Å². The van der Waals surface area contributed by atoms with Crippen LogP contribution in [0.5, 0.6) is 5.88 Å². The number of nitrogens with zero attached hydrogens (tertiary/aromatic N) is 2. The molecule has 4 nitrogen and oxygen atoms in total. The SMILES string of the molecule is Fc1cccnc1O[C@H]1CSC2(C1)CN(Cc1cccc3[nH]ccc13)C2. The summed E-state index contributed by atoms with van der Waals surface area (Å²) in [5.74, 6) is 0.649. The molecule has 0 aliphatic carbocycles. The summed E-state index contributed by atoms with van der Waals surface area (Å²) in [6.45, 7) is 3.09. The molecule has 134 valence electrons. The Morgan fingerprint density at radius 2 is 2.19 bits per heavy atom. The van der Waals surface area contributed by atoms with E-state index >= 15 is 0 Å². The summed E-state index contributed by atoms with van der Waals surface area (Å²) < 4.78 is 19.8. The van der Waals surface area contributed by atoms with E-state index < -0.39 is 0 Å². The van der Waals surface area contributed by atoms with E-state index in [1.165, 1.54) is 22.5 Å². The molecule has 5 rings (SSSR count). The van der Waals surface area contributed by atoms with Crippen LogP contribution in [0.3, 0.4) is 0 Å². The van der Waals surface area contributed by atoms with Crippen molar-refractivity contribution in [2.45, 2.75) is 23.8 Å². The molecule has 0 unspecified atom stereocenters. The van der Waals surface area contributed by atoms with Gasteiger partial charge < -0.3 is 9.72 Å².